The fraction of sp³-hybridized carbons (Fsp3) is 0.188. The van der Waals surface area contributed by atoms with E-state index >= 15 is 0 Å². The van der Waals surface area contributed by atoms with Crippen LogP contribution in [0, 0.1) is 6.92 Å². The molecule has 2 aromatic rings. The van der Waals surface area contributed by atoms with E-state index in [1.165, 1.54) is 4.40 Å². The molecule has 0 unspecified atom stereocenters. The first-order valence-corrected chi connectivity index (χ1v) is 7.37. The molecule has 6 N–H and O–H groups in total. The van der Waals surface area contributed by atoms with E-state index in [-0.39, 0.29) is 22.3 Å². The third-order valence-corrected chi connectivity index (χ3v) is 3.70. The van der Waals surface area contributed by atoms with Crippen molar-refractivity contribution in [3.63, 3.8) is 0 Å². The van der Waals surface area contributed by atoms with Crippen LogP contribution in [0.4, 0.5) is 5.69 Å². The first-order chi connectivity index (χ1) is 9.11. The Balaban J connectivity index is 0. The van der Waals surface area contributed by atoms with Gasteiger partial charge in [-0.2, -0.15) is 0 Å². The molecule has 3 radical (unpaired) electrons. The summed E-state index contributed by atoms with van der Waals surface area (Å²) in [6.45, 7) is 4.66. The zero-order valence-corrected chi connectivity index (χ0v) is 14.8. The van der Waals surface area contributed by atoms with Crippen LogP contribution in [0.2, 0.25) is 0 Å². The first-order valence-electron chi connectivity index (χ1n) is 6.32. The molecule has 1 amide bonds. The molecule has 0 fully saturated rings. The predicted molar refractivity (Wildman–Crippen MR) is 91.2 cm³/mol. The zero-order chi connectivity index (χ0) is 13.8. The molecule has 0 saturated carbocycles. The van der Waals surface area contributed by atoms with Crippen molar-refractivity contribution < 1.29 is 21.2 Å². The second kappa shape index (κ2) is 10.1. The molecule has 2 aromatic carbocycles. The van der Waals surface area contributed by atoms with Crippen molar-refractivity contribution in [1.29, 1.82) is 0 Å². The zero-order valence-electron chi connectivity index (χ0n) is 12.7. The summed E-state index contributed by atoms with van der Waals surface area (Å²) >= 11 is 2.04. The van der Waals surface area contributed by atoms with Crippen LogP contribution in [0.25, 0.3) is 0 Å². The number of hydrogen-bond donors (Lipinski definition) is 0. The van der Waals surface area contributed by atoms with Gasteiger partial charge in [-0.3, -0.25) is 0 Å². The molecule has 0 bridgehead atoms. The molecule has 0 aromatic heterocycles. The second-order valence-electron chi connectivity index (χ2n) is 4.47. The van der Waals surface area contributed by atoms with Gasteiger partial charge in [0, 0.05) is 0 Å². The Labute approximate surface area is 139 Å². The van der Waals surface area contributed by atoms with E-state index in [4.69, 9.17) is 0 Å². The number of benzene rings is 2. The summed E-state index contributed by atoms with van der Waals surface area (Å²) in [7, 11) is 0. The predicted octanol–water partition coefficient (Wildman–Crippen LogP) is -0.0186. The molecule has 22 heavy (non-hydrogen) atoms. The number of carbonyl (C=O) groups is 1. The van der Waals surface area contributed by atoms with Crippen molar-refractivity contribution in [2.45, 2.75) is 13.8 Å². The van der Waals surface area contributed by atoms with Crippen LogP contribution in [0.5, 0.6) is 0 Å². The Hall–Kier alpha value is -1.67. The number of carbonyl (C=O) groups excluding carboxylic acids is 1. The Kier molecular flexibility index (Phi) is 10.4. The van der Waals surface area contributed by atoms with E-state index in [9.17, 15) is 4.79 Å². The molecule has 0 heterocycles. The Morgan fingerprint density at radius 2 is 1.64 bits per heavy atom. The maximum atomic E-state index is 12.5. The van der Waals surface area contributed by atoms with Gasteiger partial charge < -0.3 is 16.4 Å². The van der Waals surface area contributed by atoms with Crippen molar-refractivity contribution in [2.24, 2.45) is 0 Å². The van der Waals surface area contributed by atoms with Crippen molar-refractivity contribution >= 4 is 32.5 Å². The van der Waals surface area contributed by atoms with Crippen molar-refractivity contribution in [1.82, 2.24) is 0 Å². The van der Waals surface area contributed by atoms with Crippen molar-refractivity contribution in [3.8, 4) is 0 Å². The molecule has 5 nitrogen and oxygen atoms in total. The normalized spacial score (nSPS) is 8.86. The standard InChI is InChI=1S/C16H16GeNO.3H2O/c1-3-18(15-9-7-14(17)8-10-15)16(19)13-6-4-5-12(2)11-13;;;/h4-11H,3H2,1-2H3;3*1H2. The Bertz CT molecular complexity index is 587. The minimum absolute atomic E-state index is 0. The average molecular weight is 365 g/mol. The van der Waals surface area contributed by atoms with E-state index in [1.807, 2.05) is 78.9 Å². The van der Waals surface area contributed by atoms with Crippen LogP contribution in [-0.4, -0.2) is 45.4 Å². The van der Waals surface area contributed by atoms with Crippen molar-refractivity contribution in [3.05, 3.63) is 59.7 Å². The molecular formula is C16H22GeNO4. The number of nitrogens with zero attached hydrogens (tertiary/aromatic N) is 1. The van der Waals surface area contributed by atoms with Gasteiger partial charge in [0.05, 0.1) is 0 Å². The summed E-state index contributed by atoms with van der Waals surface area (Å²) < 4.78 is 1.20. The molecule has 0 spiro atoms. The third kappa shape index (κ3) is 5.27. The van der Waals surface area contributed by atoms with Crippen LogP contribution in [0.15, 0.2) is 48.5 Å². The number of amides is 1. The van der Waals surface area contributed by atoms with Crippen LogP contribution >= 0.6 is 0 Å². The summed E-state index contributed by atoms with van der Waals surface area (Å²) in [5.41, 5.74) is 2.79. The molecule has 0 aliphatic rings. The monoisotopic (exact) mass is 366 g/mol. The van der Waals surface area contributed by atoms with Gasteiger partial charge in [0.1, 0.15) is 0 Å². The molecule has 0 aliphatic heterocycles. The molecule has 119 valence electrons. The van der Waals surface area contributed by atoms with Crippen molar-refractivity contribution in [2.75, 3.05) is 11.4 Å². The third-order valence-electron chi connectivity index (χ3n) is 3.01. The topological polar surface area (TPSA) is 115 Å². The van der Waals surface area contributed by atoms with Gasteiger partial charge in [-0.15, -0.1) is 0 Å². The van der Waals surface area contributed by atoms with Gasteiger partial charge in [0.2, 0.25) is 0 Å². The van der Waals surface area contributed by atoms with E-state index in [1.54, 1.807) is 4.90 Å². The van der Waals surface area contributed by atoms with Crippen LogP contribution in [0.3, 0.4) is 0 Å². The minimum atomic E-state index is 0. The molecule has 2 rings (SSSR count). The minimum Gasteiger partial charge on any atom is -0.412 e. The maximum absolute atomic E-state index is 12.5. The summed E-state index contributed by atoms with van der Waals surface area (Å²) in [5.74, 6) is 0.0510. The van der Waals surface area contributed by atoms with Gasteiger partial charge in [-0.25, -0.2) is 0 Å². The van der Waals surface area contributed by atoms with Crippen LogP contribution < -0.4 is 9.30 Å². The van der Waals surface area contributed by atoms with E-state index < -0.39 is 0 Å². The fourth-order valence-electron chi connectivity index (χ4n) is 2.02. The van der Waals surface area contributed by atoms with Gasteiger partial charge in [-0.1, -0.05) is 0 Å². The largest absolute Gasteiger partial charge is 0.412 e. The number of hydrogen-bond acceptors (Lipinski definition) is 1. The number of aryl methyl sites for hydroxylation is 1. The second-order valence-corrected chi connectivity index (χ2v) is 5.68. The van der Waals surface area contributed by atoms with Crippen LogP contribution in [-0.2, 0) is 0 Å². The number of anilines is 1. The fourth-order valence-corrected chi connectivity index (χ4v) is 2.37. The molecule has 0 saturated heterocycles. The van der Waals surface area contributed by atoms with E-state index in [0.29, 0.717) is 6.54 Å². The van der Waals surface area contributed by atoms with E-state index in [0.717, 1.165) is 16.8 Å². The summed E-state index contributed by atoms with van der Waals surface area (Å²) in [6.07, 6.45) is 0. The average Bonchev–Trinajstić information content (AvgIpc) is 2.41. The van der Waals surface area contributed by atoms with Gasteiger partial charge in [0.15, 0.2) is 0 Å². The Morgan fingerprint density at radius 1 is 1.05 bits per heavy atom. The van der Waals surface area contributed by atoms with Gasteiger partial charge >= 0.3 is 122 Å². The summed E-state index contributed by atoms with van der Waals surface area (Å²) in [5, 5.41) is 0. The van der Waals surface area contributed by atoms with Crippen LogP contribution in [0.1, 0.15) is 22.8 Å². The smallest absolute Gasteiger partial charge is 0.412 e. The van der Waals surface area contributed by atoms with Gasteiger partial charge in [0.25, 0.3) is 0 Å². The van der Waals surface area contributed by atoms with Gasteiger partial charge in [-0.05, 0) is 0 Å². The number of rotatable bonds is 3. The molecule has 0 atom stereocenters. The first kappa shape index (κ1) is 22.6. The maximum Gasteiger partial charge on any atom is -0.412 e. The molecule has 6 heteroatoms. The Morgan fingerprint density at radius 3 is 2.14 bits per heavy atom. The SMILES string of the molecule is CCN(C(=O)c1cccc(C)c1)c1cc[c]([Ge])cc1.O.O.O. The van der Waals surface area contributed by atoms with E-state index in [2.05, 4.69) is 0 Å². The quantitative estimate of drug-likeness (QED) is 0.699. The molecular weight excluding hydrogens is 343 g/mol. The summed E-state index contributed by atoms with van der Waals surface area (Å²) in [6, 6.07) is 15.8. The molecule has 0 aliphatic carbocycles. The summed E-state index contributed by atoms with van der Waals surface area (Å²) in [4.78, 5) is 14.3.